The third kappa shape index (κ3) is 9.21. The minimum absolute atomic E-state index is 0.0274. The van der Waals surface area contributed by atoms with Crippen molar-refractivity contribution in [1.29, 1.82) is 0 Å². The van der Waals surface area contributed by atoms with Gasteiger partial charge in [-0.25, -0.2) is 0 Å². The second-order valence-electron chi connectivity index (χ2n) is 7.76. The third-order valence-electron chi connectivity index (χ3n) is 4.72. The average Bonchev–Trinajstić information content (AvgIpc) is 2.79. The molecule has 1 N–H and O–H groups in total. The number of benzene rings is 1. The number of hydrogen-bond donors (Lipinski definition) is 1. The van der Waals surface area contributed by atoms with Crippen molar-refractivity contribution in [3.8, 4) is 0 Å². The lowest BCUT2D eigenvalue weighted by atomic mass is 9.98. The Balaban J connectivity index is 2.29. The zero-order chi connectivity index (χ0) is 26.8. The van der Waals surface area contributed by atoms with Crippen LogP contribution in [0.1, 0.15) is 33.3 Å². The van der Waals surface area contributed by atoms with E-state index >= 15 is 0 Å². The van der Waals surface area contributed by atoms with Crippen LogP contribution in [0.25, 0.3) is 0 Å². The van der Waals surface area contributed by atoms with Crippen molar-refractivity contribution in [2.45, 2.75) is 65.0 Å². The monoisotopic (exact) mass is 573 g/mol. The van der Waals surface area contributed by atoms with Crippen molar-refractivity contribution < 1.29 is 52.4 Å². The number of hydrogen-bond acceptors (Lipinski definition) is 11. The van der Waals surface area contributed by atoms with Gasteiger partial charge in [0.15, 0.2) is 24.6 Å². The van der Waals surface area contributed by atoms with E-state index in [9.17, 15) is 24.0 Å². The van der Waals surface area contributed by atoms with Gasteiger partial charge in [0.05, 0.1) is 11.9 Å². The Morgan fingerprint density at radius 1 is 0.833 bits per heavy atom. The van der Waals surface area contributed by atoms with Crippen molar-refractivity contribution in [3.05, 3.63) is 29.8 Å². The molecule has 0 spiro atoms. The smallest absolute Gasteiger partial charge is 0.303 e. The molecule has 0 bridgehead atoms. The summed E-state index contributed by atoms with van der Waals surface area (Å²) in [5.41, 5.74) is 1.26. The summed E-state index contributed by atoms with van der Waals surface area (Å²) < 4.78 is 32.8. The lowest BCUT2D eigenvalue weighted by Gasteiger charge is -2.44. The first kappa shape index (κ1) is 29.2. The van der Waals surface area contributed by atoms with Crippen molar-refractivity contribution in [3.63, 3.8) is 0 Å². The predicted molar refractivity (Wildman–Crippen MR) is 126 cm³/mol. The first-order valence-electron chi connectivity index (χ1n) is 10.9. The molecule has 1 amide bonds. The van der Waals surface area contributed by atoms with Crippen LogP contribution in [0.2, 0.25) is 0 Å². The number of carbonyl (C=O) groups is 5. The first-order valence-corrected chi connectivity index (χ1v) is 12.0. The molecule has 0 saturated carbocycles. The number of alkyl halides is 1. The summed E-state index contributed by atoms with van der Waals surface area (Å²) in [4.78, 5) is 58.4. The number of nitrogens with one attached hydrogen (secondary N) is 1. The van der Waals surface area contributed by atoms with Crippen molar-refractivity contribution in [2.24, 2.45) is 0 Å². The number of carbonyl (C=O) groups excluding carboxylic acids is 5. The molecule has 0 aromatic heterocycles. The van der Waals surface area contributed by atoms with Gasteiger partial charge < -0.3 is 33.7 Å². The Morgan fingerprint density at radius 3 is 1.92 bits per heavy atom. The molecule has 2 rings (SSSR count). The number of anilines is 1. The van der Waals surface area contributed by atoms with Gasteiger partial charge in [0.25, 0.3) is 0 Å². The number of ether oxygens (including phenoxy) is 6. The lowest BCUT2D eigenvalue weighted by molar-refractivity contribution is -0.310. The van der Waals surface area contributed by atoms with E-state index < -0.39 is 54.6 Å². The normalized spacial score (nSPS) is 23.2. The quantitative estimate of drug-likeness (QED) is 0.247. The molecule has 1 saturated heterocycles. The Labute approximate surface area is 216 Å². The molecule has 1 aromatic carbocycles. The fraction of sp³-hybridized carbons (Fsp3) is 0.522. The van der Waals surface area contributed by atoms with Crippen LogP contribution in [0.3, 0.4) is 0 Å². The van der Waals surface area contributed by atoms with Crippen LogP contribution < -0.4 is 5.32 Å². The molecule has 198 valence electrons. The summed E-state index contributed by atoms with van der Waals surface area (Å²) in [6.07, 6.45) is -6.25. The van der Waals surface area contributed by atoms with E-state index in [1.807, 2.05) is 0 Å². The van der Waals surface area contributed by atoms with Crippen molar-refractivity contribution in [2.75, 3.05) is 17.3 Å². The topological polar surface area (TPSA) is 153 Å². The highest BCUT2D eigenvalue weighted by Crippen LogP contribution is 2.30. The van der Waals surface area contributed by atoms with Crippen LogP contribution in [-0.4, -0.2) is 72.4 Å². The predicted octanol–water partition coefficient (Wildman–Crippen LogP) is 1.62. The van der Waals surface area contributed by atoms with E-state index in [0.29, 0.717) is 11.3 Å². The van der Waals surface area contributed by atoms with Crippen LogP contribution in [0, 0.1) is 0 Å². The lowest BCUT2D eigenvalue weighted by Crippen LogP contribution is -2.62. The van der Waals surface area contributed by atoms with Gasteiger partial charge in [-0.05, 0) is 17.7 Å². The molecule has 0 unspecified atom stereocenters. The third-order valence-corrected chi connectivity index (χ3v) is 5.23. The summed E-state index contributed by atoms with van der Waals surface area (Å²) in [5, 5.41) is 2.84. The number of halogens is 1. The van der Waals surface area contributed by atoms with Gasteiger partial charge >= 0.3 is 23.9 Å². The fourth-order valence-corrected chi connectivity index (χ4v) is 3.52. The first-order chi connectivity index (χ1) is 17.0. The van der Waals surface area contributed by atoms with Crippen LogP contribution in [0.4, 0.5) is 5.69 Å². The highest BCUT2D eigenvalue weighted by atomic mass is 79.9. The Hall–Kier alpha value is -3.03. The standard InChI is InChI=1S/C23H28BrNO11/c1-12(26)31-11-18-20(33-13(2)27)21(34-14(3)28)22(35-15(4)29)23(36-18)32-10-16-5-7-17(8-6-16)25-19(30)9-24/h5-8,18,20-23H,9-11H2,1-4H3,(H,25,30)/t18-,20+,21+,22-,23-/m1/s1. The molecule has 0 radical (unpaired) electrons. The van der Waals surface area contributed by atoms with Gasteiger partial charge in [0, 0.05) is 33.4 Å². The van der Waals surface area contributed by atoms with E-state index in [0.717, 1.165) is 20.8 Å². The molecule has 1 aliphatic rings. The number of amides is 1. The van der Waals surface area contributed by atoms with Crippen LogP contribution in [0.15, 0.2) is 24.3 Å². The molecule has 1 aromatic rings. The average molecular weight is 574 g/mol. The largest absolute Gasteiger partial charge is 0.463 e. The maximum atomic E-state index is 11.9. The molecular weight excluding hydrogens is 546 g/mol. The van der Waals surface area contributed by atoms with E-state index in [2.05, 4.69) is 21.2 Å². The molecular formula is C23H28BrNO11. The van der Waals surface area contributed by atoms with E-state index in [1.54, 1.807) is 24.3 Å². The van der Waals surface area contributed by atoms with E-state index in [-0.39, 0.29) is 24.5 Å². The zero-order valence-corrected chi connectivity index (χ0v) is 21.8. The highest BCUT2D eigenvalue weighted by molar-refractivity contribution is 9.09. The molecule has 1 heterocycles. The molecule has 1 aliphatic heterocycles. The molecule has 36 heavy (non-hydrogen) atoms. The van der Waals surface area contributed by atoms with Gasteiger partial charge in [0.2, 0.25) is 5.91 Å². The second-order valence-corrected chi connectivity index (χ2v) is 8.32. The Bertz CT molecular complexity index is 952. The summed E-state index contributed by atoms with van der Waals surface area (Å²) in [6.45, 7) is 4.24. The molecule has 5 atom stereocenters. The summed E-state index contributed by atoms with van der Waals surface area (Å²) in [7, 11) is 0. The zero-order valence-electron chi connectivity index (χ0n) is 20.2. The maximum absolute atomic E-state index is 11.9. The SMILES string of the molecule is CC(=O)OC[C@H]1O[C@@H](OCc2ccc(NC(=O)CBr)cc2)[C@H](OC(C)=O)[C@@H](OC(C)=O)[C@H]1OC(C)=O. The molecule has 12 nitrogen and oxygen atoms in total. The fourth-order valence-electron chi connectivity index (χ4n) is 3.38. The second kappa shape index (κ2) is 13.9. The molecule has 0 aliphatic carbocycles. The van der Waals surface area contributed by atoms with Crippen LogP contribution in [0.5, 0.6) is 0 Å². The molecule has 1 fully saturated rings. The number of rotatable bonds is 10. The van der Waals surface area contributed by atoms with Crippen molar-refractivity contribution in [1.82, 2.24) is 0 Å². The van der Waals surface area contributed by atoms with Crippen molar-refractivity contribution >= 4 is 51.4 Å². The summed E-state index contributed by atoms with van der Waals surface area (Å²) in [6, 6.07) is 6.75. The van der Waals surface area contributed by atoms with E-state index in [4.69, 9.17) is 28.4 Å². The van der Waals surface area contributed by atoms with Crippen LogP contribution >= 0.6 is 15.9 Å². The van der Waals surface area contributed by atoms with Gasteiger partial charge in [0.1, 0.15) is 12.7 Å². The van der Waals surface area contributed by atoms with E-state index in [1.165, 1.54) is 6.92 Å². The van der Waals surface area contributed by atoms with Gasteiger partial charge in [-0.2, -0.15) is 0 Å². The minimum Gasteiger partial charge on any atom is -0.463 e. The highest BCUT2D eigenvalue weighted by Gasteiger charge is 2.52. The Kier molecular flexibility index (Phi) is 11.3. The Morgan fingerprint density at radius 2 is 1.39 bits per heavy atom. The summed E-state index contributed by atoms with van der Waals surface area (Å²) in [5.74, 6) is -3.00. The molecule has 13 heteroatoms. The van der Waals surface area contributed by atoms with Gasteiger partial charge in [-0.15, -0.1) is 0 Å². The summed E-state index contributed by atoms with van der Waals surface area (Å²) >= 11 is 3.07. The van der Waals surface area contributed by atoms with Gasteiger partial charge in [-0.3, -0.25) is 24.0 Å². The van der Waals surface area contributed by atoms with Gasteiger partial charge in [-0.1, -0.05) is 28.1 Å². The van der Waals surface area contributed by atoms with Crippen LogP contribution in [-0.2, 0) is 59.0 Å². The number of esters is 4. The minimum atomic E-state index is -1.31. The maximum Gasteiger partial charge on any atom is 0.303 e.